The summed E-state index contributed by atoms with van der Waals surface area (Å²) in [6.45, 7) is 1.85. The number of rotatable bonds is 6. The molecule has 3 amide bonds. The van der Waals surface area contributed by atoms with Gasteiger partial charge in [0.2, 0.25) is 5.91 Å². The molecular weight excluding hydrogens is 332 g/mol. The number of nitrogens with one attached hydrogen (secondary N) is 3. The third kappa shape index (κ3) is 4.95. The van der Waals surface area contributed by atoms with Gasteiger partial charge in [-0.2, -0.15) is 0 Å². The maximum atomic E-state index is 12.4. The molecule has 0 radical (unpaired) electrons. The normalized spacial score (nSPS) is 25.0. The second-order valence-electron chi connectivity index (χ2n) is 7.07. The highest BCUT2D eigenvalue weighted by Gasteiger charge is 2.31. The van der Waals surface area contributed by atoms with Crippen LogP contribution in [0.25, 0.3) is 0 Å². The molecule has 0 bridgehead atoms. The highest BCUT2D eigenvalue weighted by molar-refractivity contribution is 5.94. The molecule has 1 aliphatic heterocycles. The number of amides is 3. The van der Waals surface area contributed by atoms with Crippen molar-refractivity contribution in [2.24, 2.45) is 17.6 Å². The molecule has 0 spiro atoms. The summed E-state index contributed by atoms with van der Waals surface area (Å²) in [4.78, 5) is 24.3. The van der Waals surface area contributed by atoms with E-state index in [2.05, 4.69) is 16.0 Å². The van der Waals surface area contributed by atoms with E-state index in [1.54, 1.807) is 24.3 Å². The van der Waals surface area contributed by atoms with Gasteiger partial charge in [-0.25, -0.2) is 4.79 Å². The van der Waals surface area contributed by atoms with Crippen molar-refractivity contribution in [3.63, 3.8) is 0 Å². The number of ether oxygens (including phenoxy) is 1. The lowest BCUT2D eigenvalue weighted by Gasteiger charge is -2.17. The van der Waals surface area contributed by atoms with E-state index in [-0.39, 0.29) is 29.9 Å². The molecule has 3 rings (SSSR count). The molecule has 0 aromatic heterocycles. The van der Waals surface area contributed by atoms with Crippen molar-refractivity contribution < 1.29 is 14.3 Å². The van der Waals surface area contributed by atoms with Gasteiger partial charge in [0.15, 0.2) is 0 Å². The smallest absolute Gasteiger partial charge is 0.319 e. The fraction of sp³-hybridized carbons (Fsp3) is 0.579. The van der Waals surface area contributed by atoms with Crippen molar-refractivity contribution in [3.8, 4) is 0 Å². The maximum Gasteiger partial charge on any atom is 0.319 e. The third-order valence-corrected chi connectivity index (χ3v) is 5.22. The monoisotopic (exact) mass is 360 g/mol. The number of nitrogens with two attached hydrogens (primary N) is 1. The first kappa shape index (κ1) is 18.7. The van der Waals surface area contributed by atoms with Gasteiger partial charge in [-0.3, -0.25) is 4.79 Å². The van der Waals surface area contributed by atoms with Gasteiger partial charge >= 0.3 is 6.03 Å². The molecule has 1 heterocycles. The minimum Gasteiger partial charge on any atom is -0.376 e. The summed E-state index contributed by atoms with van der Waals surface area (Å²) < 4.78 is 5.47. The summed E-state index contributed by atoms with van der Waals surface area (Å²) in [5.41, 5.74) is 7.15. The van der Waals surface area contributed by atoms with Crippen LogP contribution in [0, 0.1) is 11.8 Å². The van der Waals surface area contributed by atoms with E-state index < -0.39 is 0 Å². The van der Waals surface area contributed by atoms with Crippen LogP contribution < -0.4 is 21.7 Å². The average molecular weight is 360 g/mol. The topological polar surface area (TPSA) is 105 Å². The number of carbonyl (C=O) groups excluding carboxylic acids is 2. The minimum atomic E-state index is -0.256. The van der Waals surface area contributed by atoms with Crippen molar-refractivity contribution in [1.29, 1.82) is 0 Å². The lowest BCUT2D eigenvalue weighted by molar-refractivity contribution is -0.120. The van der Waals surface area contributed by atoms with Crippen molar-refractivity contribution in [1.82, 2.24) is 5.32 Å². The Morgan fingerprint density at radius 1 is 1.04 bits per heavy atom. The number of urea groups is 1. The molecule has 2 fully saturated rings. The lowest BCUT2D eigenvalue weighted by Crippen LogP contribution is -2.35. The van der Waals surface area contributed by atoms with E-state index in [9.17, 15) is 9.59 Å². The predicted octanol–water partition coefficient (Wildman–Crippen LogP) is 2.30. The standard InChI is InChI=1S/C19H28N4O3/c20-11-13-3-1-5-17(13)18(24)22-14-6-8-15(9-7-14)23-19(25)21-12-16-4-2-10-26-16/h6-9,13,16-17H,1-5,10-12,20H2,(H,22,24)(H2,21,23,25)/t13-,16?,17-/m1/s1. The first-order valence-electron chi connectivity index (χ1n) is 9.43. The zero-order chi connectivity index (χ0) is 18.4. The summed E-state index contributed by atoms with van der Waals surface area (Å²) in [6.07, 6.45) is 5.14. The highest BCUT2D eigenvalue weighted by Crippen LogP contribution is 2.31. The molecule has 5 N–H and O–H groups in total. The largest absolute Gasteiger partial charge is 0.376 e. The molecule has 1 aliphatic carbocycles. The summed E-state index contributed by atoms with van der Waals surface area (Å²) in [5.74, 6) is 0.317. The van der Waals surface area contributed by atoms with Gasteiger partial charge in [-0.1, -0.05) is 6.42 Å². The molecule has 1 unspecified atom stereocenters. The number of carbonyl (C=O) groups is 2. The van der Waals surface area contributed by atoms with Crippen molar-refractivity contribution in [3.05, 3.63) is 24.3 Å². The minimum absolute atomic E-state index is 0.00128. The van der Waals surface area contributed by atoms with Crippen LogP contribution in [-0.4, -0.2) is 37.7 Å². The first-order valence-corrected chi connectivity index (χ1v) is 9.43. The molecule has 26 heavy (non-hydrogen) atoms. The van der Waals surface area contributed by atoms with Crippen LogP contribution in [-0.2, 0) is 9.53 Å². The molecule has 3 atom stereocenters. The Kier molecular flexibility index (Phi) is 6.46. The Balaban J connectivity index is 1.45. The van der Waals surface area contributed by atoms with E-state index in [0.29, 0.717) is 18.8 Å². The molecule has 2 aliphatic rings. The quantitative estimate of drug-likeness (QED) is 0.624. The van der Waals surface area contributed by atoms with Crippen molar-refractivity contribution in [2.45, 2.75) is 38.2 Å². The van der Waals surface area contributed by atoms with Crippen LogP contribution in [0.1, 0.15) is 32.1 Å². The van der Waals surface area contributed by atoms with Gasteiger partial charge in [-0.15, -0.1) is 0 Å². The van der Waals surface area contributed by atoms with Crippen LogP contribution >= 0.6 is 0 Å². The zero-order valence-electron chi connectivity index (χ0n) is 15.0. The third-order valence-electron chi connectivity index (χ3n) is 5.22. The molecular formula is C19H28N4O3. The molecule has 7 heteroatoms. The Bertz CT molecular complexity index is 614. The Hall–Kier alpha value is -2.12. The van der Waals surface area contributed by atoms with Crippen LogP contribution in [0.4, 0.5) is 16.2 Å². The lowest BCUT2D eigenvalue weighted by atomic mass is 9.95. The average Bonchev–Trinajstić information content (AvgIpc) is 3.33. The summed E-state index contributed by atoms with van der Waals surface area (Å²) >= 11 is 0. The molecule has 1 aromatic carbocycles. The highest BCUT2D eigenvalue weighted by atomic mass is 16.5. The van der Waals surface area contributed by atoms with Gasteiger partial charge in [0.1, 0.15) is 0 Å². The van der Waals surface area contributed by atoms with Gasteiger partial charge in [0.25, 0.3) is 0 Å². The molecule has 1 saturated heterocycles. The SMILES string of the molecule is NC[C@H]1CCC[C@H]1C(=O)Nc1ccc(NC(=O)NCC2CCCO2)cc1. The number of hydrogen-bond donors (Lipinski definition) is 4. The van der Waals surface area contributed by atoms with Crippen LogP contribution in [0.15, 0.2) is 24.3 Å². The van der Waals surface area contributed by atoms with Gasteiger partial charge in [-0.05, 0) is 62.4 Å². The van der Waals surface area contributed by atoms with E-state index in [0.717, 1.165) is 44.4 Å². The van der Waals surface area contributed by atoms with Gasteiger partial charge < -0.3 is 26.4 Å². The van der Waals surface area contributed by atoms with E-state index in [1.807, 2.05) is 0 Å². The second kappa shape index (κ2) is 9.00. The van der Waals surface area contributed by atoms with Crippen molar-refractivity contribution >= 4 is 23.3 Å². The first-order chi connectivity index (χ1) is 12.7. The summed E-state index contributed by atoms with van der Waals surface area (Å²) in [5, 5.41) is 8.55. The number of hydrogen-bond acceptors (Lipinski definition) is 4. The second-order valence-corrected chi connectivity index (χ2v) is 7.07. The van der Waals surface area contributed by atoms with E-state index in [1.165, 1.54) is 0 Å². The summed E-state index contributed by atoms with van der Waals surface area (Å²) in [7, 11) is 0. The molecule has 1 aromatic rings. The Labute approximate surface area is 154 Å². The van der Waals surface area contributed by atoms with Crippen molar-refractivity contribution in [2.75, 3.05) is 30.3 Å². The number of benzene rings is 1. The molecule has 142 valence electrons. The van der Waals surface area contributed by atoms with Crippen LogP contribution in [0.5, 0.6) is 0 Å². The van der Waals surface area contributed by atoms with E-state index in [4.69, 9.17) is 10.5 Å². The molecule has 7 nitrogen and oxygen atoms in total. The molecule has 1 saturated carbocycles. The Morgan fingerprint density at radius 2 is 1.77 bits per heavy atom. The fourth-order valence-corrected chi connectivity index (χ4v) is 3.72. The van der Waals surface area contributed by atoms with Gasteiger partial charge in [0, 0.05) is 30.4 Å². The zero-order valence-corrected chi connectivity index (χ0v) is 15.0. The predicted molar refractivity (Wildman–Crippen MR) is 101 cm³/mol. The van der Waals surface area contributed by atoms with E-state index >= 15 is 0 Å². The fourth-order valence-electron chi connectivity index (χ4n) is 3.72. The maximum absolute atomic E-state index is 12.4. The summed E-state index contributed by atoms with van der Waals surface area (Å²) in [6, 6.07) is 6.88. The Morgan fingerprint density at radius 3 is 2.42 bits per heavy atom. The van der Waals surface area contributed by atoms with Gasteiger partial charge in [0.05, 0.1) is 6.10 Å². The van der Waals surface area contributed by atoms with Crippen LogP contribution in [0.3, 0.4) is 0 Å². The number of anilines is 2. The van der Waals surface area contributed by atoms with Crippen LogP contribution in [0.2, 0.25) is 0 Å².